The third kappa shape index (κ3) is 4.53. The van der Waals surface area contributed by atoms with Gasteiger partial charge in [0, 0.05) is 12.6 Å². The largest absolute Gasteiger partial charge is 0.497 e. The van der Waals surface area contributed by atoms with Crippen molar-refractivity contribution in [3.05, 3.63) is 54.0 Å². The summed E-state index contributed by atoms with van der Waals surface area (Å²) < 4.78 is 12.2. The quantitative estimate of drug-likeness (QED) is 0.511. The number of hydrogen-bond acceptors (Lipinski definition) is 7. The Hall–Kier alpha value is -2.81. The standard InChI is InChI=1S/C19H21N5O3S/c1-26-16-8-4-14(5-9-16)11-23(15-6-7-15)18(25)13-28-19-20-21-22-24(19)12-17-3-2-10-27-17/h2-5,8-10,15H,6-7,11-13H2,1H3. The van der Waals surface area contributed by atoms with Gasteiger partial charge < -0.3 is 14.1 Å². The zero-order valence-electron chi connectivity index (χ0n) is 15.5. The molecule has 0 N–H and O–H groups in total. The lowest BCUT2D eigenvalue weighted by Crippen LogP contribution is -2.34. The van der Waals surface area contributed by atoms with Crippen LogP contribution in [0.3, 0.4) is 0 Å². The lowest BCUT2D eigenvalue weighted by Gasteiger charge is -2.22. The summed E-state index contributed by atoms with van der Waals surface area (Å²) in [6.45, 7) is 1.04. The number of amides is 1. The van der Waals surface area contributed by atoms with Crippen molar-refractivity contribution in [2.24, 2.45) is 0 Å². The Balaban J connectivity index is 1.37. The highest BCUT2D eigenvalue weighted by atomic mass is 32.2. The molecule has 1 amide bonds. The van der Waals surface area contributed by atoms with E-state index in [2.05, 4.69) is 15.5 Å². The molecule has 8 nitrogen and oxygen atoms in total. The van der Waals surface area contributed by atoms with Crippen LogP contribution in [0.25, 0.3) is 0 Å². The minimum atomic E-state index is 0.0934. The van der Waals surface area contributed by atoms with Gasteiger partial charge in [-0.2, -0.15) is 0 Å². The van der Waals surface area contributed by atoms with Crippen LogP contribution >= 0.6 is 11.8 Å². The smallest absolute Gasteiger partial charge is 0.233 e. The second-order valence-electron chi connectivity index (χ2n) is 6.59. The molecular weight excluding hydrogens is 378 g/mol. The summed E-state index contributed by atoms with van der Waals surface area (Å²) in [5, 5.41) is 12.3. The monoisotopic (exact) mass is 399 g/mol. The van der Waals surface area contributed by atoms with Gasteiger partial charge in [0.05, 0.1) is 19.1 Å². The average Bonchev–Trinajstić information content (AvgIpc) is 3.24. The summed E-state index contributed by atoms with van der Waals surface area (Å²) in [7, 11) is 1.64. The van der Waals surface area contributed by atoms with E-state index in [0.717, 1.165) is 29.9 Å². The SMILES string of the molecule is COc1ccc(CN(C(=O)CSc2nnnn2Cc2ccco2)C2CC2)cc1. The number of nitrogens with zero attached hydrogens (tertiary/aromatic N) is 5. The van der Waals surface area contributed by atoms with Crippen LogP contribution in [0.1, 0.15) is 24.2 Å². The highest BCUT2D eigenvalue weighted by Crippen LogP contribution is 2.30. The van der Waals surface area contributed by atoms with Gasteiger partial charge in [0.2, 0.25) is 11.1 Å². The maximum absolute atomic E-state index is 12.9. The molecule has 146 valence electrons. The molecule has 0 aliphatic heterocycles. The fraction of sp³-hybridized carbons (Fsp3) is 0.368. The van der Waals surface area contributed by atoms with Crippen molar-refractivity contribution in [1.29, 1.82) is 0 Å². The molecule has 1 aliphatic carbocycles. The molecule has 28 heavy (non-hydrogen) atoms. The Morgan fingerprint density at radius 3 is 2.82 bits per heavy atom. The lowest BCUT2D eigenvalue weighted by molar-refractivity contribution is -0.129. The molecule has 1 aromatic carbocycles. The van der Waals surface area contributed by atoms with Gasteiger partial charge >= 0.3 is 0 Å². The Kier molecular flexibility index (Phi) is 5.61. The molecule has 2 heterocycles. The first-order valence-electron chi connectivity index (χ1n) is 9.06. The van der Waals surface area contributed by atoms with E-state index in [-0.39, 0.29) is 5.91 Å². The van der Waals surface area contributed by atoms with Crippen LogP contribution < -0.4 is 4.74 Å². The van der Waals surface area contributed by atoms with Crippen LogP contribution in [0, 0.1) is 0 Å². The first-order valence-corrected chi connectivity index (χ1v) is 10.1. The molecule has 1 aliphatic rings. The number of furan rings is 1. The van der Waals surface area contributed by atoms with Gasteiger partial charge in [0.1, 0.15) is 18.1 Å². The number of tetrazole rings is 1. The Morgan fingerprint density at radius 2 is 2.14 bits per heavy atom. The maximum atomic E-state index is 12.9. The van der Waals surface area contributed by atoms with Gasteiger partial charge in [-0.3, -0.25) is 4.79 Å². The van der Waals surface area contributed by atoms with Gasteiger partial charge in [-0.1, -0.05) is 23.9 Å². The number of methoxy groups -OCH3 is 1. The van der Waals surface area contributed by atoms with Crippen molar-refractivity contribution in [2.45, 2.75) is 37.1 Å². The number of carbonyl (C=O) groups excluding carboxylic acids is 1. The molecule has 1 saturated carbocycles. The van der Waals surface area contributed by atoms with E-state index in [1.54, 1.807) is 18.1 Å². The van der Waals surface area contributed by atoms with Crippen LogP contribution in [0.2, 0.25) is 0 Å². The molecule has 0 spiro atoms. The van der Waals surface area contributed by atoms with Crippen LogP contribution in [-0.4, -0.2) is 49.9 Å². The van der Waals surface area contributed by atoms with Crippen molar-refractivity contribution >= 4 is 17.7 Å². The summed E-state index contributed by atoms with van der Waals surface area (Å²) in [4.78, 5) is 14.8. The first kappa shape index (κ1) is 18.5. The van der Waals surface area contributed by atoms with E-state index in [1.807, 2.05) is 41.3 Å². The van der Waals surface area contributed by atoms with Gasteiger partial charge in [0.15, 0.2) is 0 Å². The van der Waals surface area contributed by atoms with Crippen molar-refractivity contribution in [1.82, 2.24) is 25.1 Å². The third-order valence-corrected chi connectivity index (χ3v) is 5.47. The maximum Gasteiger partial charge on any atom is 0.233 e. The van der Waals surface area contributed by atoms with Gasteiger partial charge in [-0.05, 0) is 53.1 Å². The van der Waals surface area contributed by atoms with Crippen molar-refractivity contribution < 1.29 is 13.9 Å². The average molecular weight is 399 g/mol. The van der Waals surface area contributed by atoms with Crippen LogP contribution in [0.4, 0.5) is 0 Å². The van der Waals surface area contributed by atoms with Crippen molar-refractivity contribution in [2.75, 3.05) is 12.9 Å². The Morgan fingerprint density at radius 1 is 1.32 bits per heavy atom. The van der Waals surface area contributed by atoms with E-state index in [0.29, 0.717) is 30.0 Å². The summed E-state index contributed by atoms with van der Waals surface area (Å²) in [6, 6.07) is 11.9. The second-order valence-corrected chi connectivity index (χ2v) is 7.53. The highest BCUT2D eigenvalue weighted by Gasteiger charge is 2.32. The van der Waals surface area contributed by atoms with E-state index in [1.165, 1.54) is 11.8 Å². The number of ether oxygens (including phenoxy) is 1. The number of carbonyl (C=O) groups is 1. The number of benzene rings is 1. The zero-order valence-corrected chi connectivity index (χ0v) is 16.3. The van der Waals surface area contributed by atoms with Gasteiger partial charge in [0.25, 0.3) is 0 Å². The Bertz CT molecular complexity index is 906. The molecule has 0 atom stereocenters. The molecule has 0 unspecified atom stereocenters. The number of hydrogen-bond donors (Lipinski definition) is 0. The minimum Gasteiger partial charge on any atom is -0.497 e. The predicted molar refractivity (Wildman–Crippen MR) is 103 cm³/mol. The van der Waals surface area contributed by atoms with E-state index < -0.39 is 0 Å². The summed E-state index contributed by atoms with van der Waals surface area (Å²) >= 11 is 1.35. The number of aromatic nitrogens is 4. The summed E-state index contributed by atoms with van der Waals surface area (Å²) in [5.41, 5.74) is 1.09. The van der Waals surface area contributed by atoms with Gasteiger partial charge in [-0.25, -0.2) is 4.68 Å². The zero-order chi connectivity index (χ0) is 19.3. The molecule has 9 heteroatoms. The van der Waals surface area contributed by atoms with Crippen LogP contribution in [0.15, 0.2) is 52.2 Å². The number of rotatable bonds is 9. The molecule has 0 radical (unpaired) electrons. The second kappa shape index (κ2) is 8.47. The molecule has 0 saturated heterocycles. The van der Waals surface area contributed by atoms with Crippen LogP contribution in [0.5, 0.6) is 5.75 Å². The van der Waals surface area contributed by atoms with E-state index in [9.17, 15) is 4.79 Å². The lowest BCUT2D eigenvalue weighted by atomic mass is 10.2. The minimum absolute atomic E-state index is 0.0934. The molecule has 3 aromatic rings. The fourth-order valence-corrected chi connectivity index (χ4v) is 3.66. The highest BCUT2D eigenvalue weighted by molar-refractivity contribution is 7.99. The fourth-order valence-electron chi connectivity index (χ4n) is 2.89. The van der Waals surface area contributed by atoms with Crippen molar-refractivity contribution in [3.63, 3.8) is 0 Å². The third-order valence-electron chi connectivity index (χ3n) is 4.53. The van der Waals surface area contributed by atoms with Crippen LogP contribution in [-0.2, 0) is 17.9 Å². The Labute approximate surface area is 166 Å². The van der Waals surface area contributed by atoms with Crippen molar-refractivity contribution in [3.8, 4) is 5.75 Å². The topological polar surface area (TPSA) is 86.3 Å². The normalized spacial score (nSPS) is 13.5. The molecule has 1 fully saturated rings. The van der Waals surface area contributed by atoms with Gasteiger partial charge in [-0.15, -0.1) is 5.10 Å². The van der Waals surface area contributed by atoms with E-state index >= 15 is 0 Å². The molecule has 4 rings (SSSR count). The first-order chi connectivity index (χ1) is 13.7. The molecule has 0 bridgehead atoms. The molecular formula is C19H21N5O3S. The molecule has 2 aromatic heterocycles. The van der Waals surface area contributed by atoms with E-state index in [4.69, 9.17) is 9.15 Å². The summed E-state index contributed by atoms with van der Waals surface area (Å²) in [5.74, 6) is 1.97. The predicted octanol–water partition coefficient (Wildman–Crippen LogP) is 2.61. The summed E-state index contributed by atoms with van der Waals surface area (Å²) in [6.07, 6.45) is 3.73. The number of thioether (sulfide) groups is 1.